The molecule has 12 heavy (non-hydrogen) atoms. The monoisotopic (exact) mass is 164 g/mol. The predicted octanol–water partition coefficient (Wildman–Crippen LogP) is 0.687. The lowest BCUT2D eigenvalue weighted by Crippen LogP contribution is -2.12. The van der Waals surface area contributed by atoms with Gasteiger partial charge < -0.3 is 11.2 Å². The zero-order valence-corrected chi connectivity index (χ0v) is 6.91. The zero-order valence-electron chi connectivity index (χ0n) is 6.91. The summed E-state index contributed by atoms with van der Waals surface area (Å²) in [4.78, 5) is 4.01. The summed E-state index contributed by atoms with van der Waals surface area (Å²) in [6.45, 7) is 1.86. The van der Waals surface area contributed by atoms with Crippen LogP contribution in [-0.4, -0.2) is 4.98 Å². The minimum absolute atomic E-state index is 0.591. The van der Waals surface area contributed by atoms with Gasteiger partial charge in [0.1, 0.15) is 5.82 Å². The number of nitrogens with zero attached hydrogens (tertiary/aromatic N) is 1. The van der Waals surface area contributed by atoms with Gasteiger partial charge in [0, 0.05) is 17.5 Å². The molecule has 5 N–H and O–H groups in total. The summed E-state index contributed by atoms with van der Waals surface area (Å²) in [5.74, 6) is 5.84. The molecule has 0 radical (unpaired) electrons. The number of allylic oxidation sites excluding steroid dienone is 1. The highest BCUT2D eigenvalue weighted by atomic mass is 15.2. The molecule has 0 aliphatic rings. The van der Waals surface area contributed by atoms with Crippen LogP contribution in [0.5, 0.6) is 0 Å². The normalized spacial score (nSPS) is 11.3. The molecule has 1 aromatic rings. The fourth-order valence-electron chi connectivity index (χ4n) is 0.909. The summed E-state index contributed by atoms with van der Waals surface area (Å²) in [7, 11) is 0. The van der Waals surface area contributed by atoms with E-state index in [0.29, 0.717) is 11.5 Å². The van der Waals surface area contributed by atoms with Crippen molar-refractivity contribution in [2.45, 2.75) is 6.92 Å². The predicted molar refractivity (Wildman–Crippen MR) is 49.9 cm³/mol. The van der Waals surface area contributed by atoms with Crippen LogP contribution in [0.2, 0.25) is 0 Å². The molecule has 0 aromatic carbocycles. The number of nitrogens with one attached hydrogen (secondary N) is 1. The van der Waals surface area contributed by atoms with Crippen molar-refractivity contribution in [1.82, 2.24) is 4.98 Å². The van der Waals surface area contributed by atoms with E-state index in [9.17, 15) is 0 Å². The first kappa shape index (κ1) is 8.55. The average molecular weight is 164 g/mol. The van der Waals surface area contributed by atoms with Crippen LogP contribution in [0.25, 0.3) is 5.70 Å². The van der Waals surface area contributed by atoms with E-state index >= 15 is 0 Å². The number of rotatable bonds is 2. The molecule has 0 spiro atoms. The Morgan fingerprint density at radius 2 is 2.42 bits per heavy atom. The molecule has 0 saturated heterocycles. The second-order valence-electron chi connectivity index (χ2n) is 2.29. The maximum atomic E-state index is 5.70. The quantitative estimate of drug-likeness (QED) is 0.444. The van der Waals surface area contributed by atoms with Gasteiger partial charge in [-0.05, 0) is 19.1 Å². The van der Waals surface area contributed by atoms with E-state index in [2.05, 4.69) is 10.4 Å². The summed E-state index contributed by atoms with van der Waals surface area (Å²) >= 11 is 0. The molecule has 1 heterocycles. The fourth-order valence-corrected chi connectivity index (χ4v) is 0.909. The third kappa shape index (κ3) is 1.54. The molecule has 0 aliphatic carbocycles. The van der Waals surface area contributed by atoms with Crippen LogP contribution in [0.3, 0.4) is 0 Å². The second kappa shape index (κ2) is 3.73. The van der Waals surface area contributed by atoms with Crippen molar-refractivity contribution in [2.24, 2.45) is 11.6 Å². The number of aromatic nitrogens is 1. The van der Waals surface area contributed by atoms with Gasteiger partial charge in [-0.15, -0.1) is 0 Å². The van der Waals surface area contributed by atoms with Gasteiger partial charge in [0.15, 0.2) is 0 Å². The van der Waals surface area contributed by atoms with Crippen LogP contribution in [0.4, 0.5) is 5.82 Å². The number of hydrazine groups is 1. The third-order valence-corrected chi connectivity index (χ3v) is 1.57. The highest BCUT2D eigenvalue weighted by Crippen LogP contribution is 2.15. The number of hydrogen-bond acceptors (Lipinski definition) is 4. The lowest BCUT2D eigenvalue weighted by atomic mass is 10.2. The Kier molecular flexibility index (Phi) is 2.66. The molecule has 1 aromatic heterocycles. The maximum Gasteiger partial charge on any atom is 0.149 e. The highest BCUT2D eigenvalue weighted by molar-refractivity contribution is 5.71. The molecule has 1 rings (SSSR count). The van der Waals surface area contributed by atoms with Gasteiger partial charge in [0.2, 0.25) is 0 Å². The third-order valence-electron chi connectivity index (χ3n) is 1.57. The van der Waals surface area contributed by atoms with Crippen LogP contribution in [0, 0.1) is 0 Å². The van der Waals surface area contributed by atoms with Crippen molar-refractivity contribution in [3.63, 3.8) is 0 Å². The van der Waals surface area contributed by atoms with E-state index in [0.717, 1.165) is 5.56 Å². The van der Waals surface area contributed by atoms with E-state index in [4.69, 9.17) is 11.6 Å². The Hall–Kier alpha value is -1.55. The molecule has 0 aliphatic heterocycles. The first-order chi connectivity index (χ1) is 5.79. The number of anilines is 1. The average Bonchev–Trinajstić information content (AvgIpc) is 2.16. The summed E-state index contributed by atoms with van der Waals surface area (Å²) < 4.78 is 0. The van der Waals surface area contributed by atoms with Gasteiger partial charge in [-0.1, -0.05) is 6.08 Å². The minimum atomic E-state index is 0.591. The lowest BCUT2D eigenvalue weighted by molar-refractivity contribution is 1.21. The second-order valence-corrected chi connectivity index (χ2v) is 2.29. The summed E-state index contributed by atoms with van der Waals surface area (Å²) in [6, 6.07) is 3.67. The molecule has 0 atom stereocenters. The van der Waals surface area contributed by atoms with Gasteiger partial charge in [-0.2, -0.15) is 0 Å². The highest BCUT2D eigenvalue weighted by Gasteiger charge is 2.01. The molecule has 4 heteroatoms. The van der Waals surface area contributed by atoms with Crippen LogP contribution in [-0.2, 0) is 0 Å². The lowest BCUT2D eigenvalue weighted by Gasteiger charge is -2.06. The van der Waals surface area contributed by atoms with Gasteiger partial charge in [0.25, 0.3) is 0 Å². The van der Waals surface area contributed by atoms with E-state index in [-0.39, 0.29) is 0 Å². The van der Waals surface area contributed by atoms with Crippen LogP contribution in [0.15, 0.2) is 24.4 Å². The van der Waals surface area contributed by atoms with Crippen molar-refractivity contribution in [3.8, 4) is 0 Å². The fraction of sp³-hybridized carbons (Fsp3) is 0.125. The van der Waals surface area contributed by atoms with E-state index < -0.39 is 0 Å². The molecular weight excluding hydrogens is 152 g/mol. The Bertz CT molecular complexity index is 293. The summed E-state index contributed by atoms with van der Waals surface area (Å²) in [6.07, 6.45) is 3.46. The van der Waals surface area contributed by atoms with Gasteiger partial charge in [-0.3, -0.25) is 0 Å². The Morgan fingerprint density at radius 1 is 1.67 bits per heavy atom. The number of nitrogens with two attached hydrogens (primary N) is 2. The van der Waals surface area contributed by atoms with Gasteiger partial charge in [0.05, 0.1) is 0 Å². The number of nitrogen functional groups attached to an aromatic ring is 1. The van der Waals surface area contributed by atoms with Crippen LogP contribution in [0.1, 0.15) is 12.5 Å². The van der Waals surface area contributed by atoms with Gasteiger partial charge in [-0.25, -0.2) is 10.8 Å². The molecule has 64 valence electrons. The molecule has 0 saturated carbocycles. The molecule has 0 fully saturated rings. The van der Waals surface area contributed by atoms with E-state index in [1.165, 1.54) is 0 Å². The molecule has 0 amide bonds. The number of pyridine rings is 1. The standard InChI is InChI=1S/C8H12N4/c1-2-7(9)6-4-3-5-11-8(6)12-10/h2-5H,9-10H2,1H3,(H,11,12)/b7-2+. The van der Waals surface area contributed by atoms with Crippen molar-refractivity contribution in [2.75, 3.05) is 5.43 Å². The van der Waals surface area contributed by atoms with Crippen molar-refractivity contribution in [3.05, 3.63) is 30.0 Å². The van der Waals surface area contributed by atoms with Crippen molar-refractivity contribution in [1.29, 1.82) is 0 Å². The first-order valence-corrected chi connectivity index (χ1v) is 3.63. The zero-order chi connectivity index (χ0) is 8.97. The SMILES string of the molecule is C/C=C(/N)c1cccnc1NN. The van der Waals surface area contributed by atoms with Crippen molar-refractivity contribution < 1.29 is 0 Å². The van der Waals surface area contributed by atoms with Crippen molar-refractivity contribution >= 4 is 11.5 Å². The minimum Gasteiger partial charge on any atom is -0.398 e. The first-order valence-electron chi connectivity index (χ1n) is 3.63. The Balaban J connectivity index is 3.13. The summed E-state index contributed by atoms with van der Waals surface area (Å²) in [5.41, 5.74) is 9.66. The molecule has 0 unspecified atom stereocenters. The summed E-state index contributed by atoms with van der Waals surface area (Å²) in [5, 5.41) is 0. The molecule has 0 bridgehead atoms. The van der Waals surface area contributed by atoms with E-state index in [1.807, 2.05) is 19.1 Å². The van der Waals surface area contributed by atoms with E-state index in [1.54, 1.807) is 12.3 Å². The molecule has 4 nitrogen and oxygen atoms in total. The topological polar surface area (TPSA) is 77.0 Å². The Morgan fingerprint density at radius 3 is 3.00 bits per heavy atom. The largest absolute Gasteiger partial charge is 0.398 e. The van der Waals surface area contributed by atoms with Gasteiger partial charge >= 0.3 is 0 Å². The molecular formula is C8H12N4. The maximum absolute atomic E-state index is 5.70. The smallest absolute Gasteiger partial charge is 0.149 e. The Labute approximate surface area is 71.3 Å². The van der Waals surface area contributed by atoms with Crippen LogP contribution >= 0.6 is 0 Å². The number of hydrogen-bond donors (Lipinski definition) is 3. The van der Waals surface area contributed by atoms with Crippen LogP contribution < -0.4 is 17.0 Å².